The Labute approximate surface area is 230 Å². The number of sulfonamides is 1. The topological polar surface area (TPSA) is 119 Å². The van der Waals surface area contributed by atoms with Crippen molar-refractivity contribution in [2.45, 2.75) is 57.0 Å². The van der Waals surface area contributed by atoms with Gasteiger partial charge in [-0.15, -0.1) is 0 Å². The standard InChI is InChI=1S/C26H28ClFN6O4S/c1-39(36,37)32-20-8-7-19(26(27)31-20)38-14-22(35)34-11-9-18-24(33-10-3-2-4-21(33)30-18)25(34)23-17(28)12-16(13-29-23)15-5-6-15/h7-8,12-13,15,25H,2-6,9-11,14H2,1H3,(H,31,32). The summed E-state index contributed by atoms with van der Waals surface area (Å²) in [6, 6.07) is 3.65. The number of halogens is 2. The highest BCUT2D eigenvalue weighted by molar-refractivity contribution is 7.92. The second-order valence-corrected chi connectivity index (χ2v) is 12.4. The van der Waals surface area contributed by atoms with E-state index < -0.39 is 21.9 Å². The number of aryl methyl sites for hydroxylation is 1. The molecule has 5 heterocycles. The van der Waals surface area contributed by atoms with E-state index in [2.05, 4.69) is 19.3 Å². The summed E-state index contributed by atoms with van der Waals surface area (Å²) < 4.78 is 48.6. The van der Waals surface area contributed by atoms with E-state index in [4.69, 9.17) is 21.3 Å². The average Bonchev–Trinajstić information content (AvgIpc) is 3.67. The van der Waals surface area contributed by atoms with E-state index in [9.17, 15) is 13.2 Å². The molecule has 0 aromatic carbocycles. The van der Waals surface area contributed by atoms with Crippen LogP contribution in [0.2, 0.25) is 5.15 Å². The van der Waals surface area contributed by atoms with Gasteiger partial charge in [0.2, 0.25) is 10.0 Å². The van der Waals surface area contributed by atoms with Crippen molar-refractivity contribution in [3.8, 4) is 5.75 Å². The Kier molecular flexibility index (Phi) is 6.70. The summed E-state index contributed by atoms with van der Waals surface area (Å²) in [5.41, 5.74) is 2.80. The predicted octanol–water partition coefficient (Wildman–Crippen LogP) is 3.60. The van der Waals surface area contributed by atoms with E-state index in [1.807, 2.05) is 0 Å². The predicted molar refractivity (Wildman–Crippen MR) is 142 cm³/mol. The second-order valence-electron chi connectivity index (χ2n) is 10.3. The first kappa shape index (κ1) is 26.0. The normalized spacial score (nSPS) is 18.8. The third-order valence-electron chi connectivity index (χ3n) is 7.33. The Hall–Kier alpha value is -3.25. The van der Waals surface area contributed by atoms with Gasteiger partial charge < -0.3 is 14.2 Å². The van der Waals surface area contributed by atoms with E-state index in [1.165, 1.54) is 12.1 Å². The van der Waals surface area contributed by atoms with Gasteiger partial charge in [0.15, 0.2) is 17.5 Å². The van der Waals surface area contributed by atoms with Gasteiger partial charge in [-0.25, -0.2) is 22.8 Å². The third-order valence-corrected chi connectivity index (χ3v) is 8.18. The summed E-state index contributed by atoms with van der Waals surface area (Å²) in [5.74, 6) is 0.693. The van der Waals surface area contributed by atoms with Crippen molar-refractivity contribution in [1.82, 2.24) is 24.4 Å². The maximum Gasteiger partial charge on any atom is 0.261 e. The molecule has 6 rings (SSSR count). The van der Waals surface area contributed by atoms with Crippen molar-refractivity contribution in [1.29, 1.82) is 0 Å². The van der Waals surface area contributed by atoms with Crippen molar-refractivity contribution in [3.05, 3.63) is 63.8 Å². The van der Waals surface area contributed by atoms with Gasteiger partial charge in [0.25, 0.3) is 5.91 Å². The van der Waals surface area contributed by atoms with Gasteiger partial charge in [-0.05, 0) is 55.4 Å². The molecule has 1 fully saturated rings. The number of rotatable bonds is 7. The average molecular weight is 575 g/mol. The fourth-order valence-corrected chi connectivity index (χ4v) is 6.10. The monoisotopic (exact) mass is 574 g/mol. The molecule has 0 radical (unpaired) electrons. The van der Waals surface area contributed by atoms with Gasteiger partial charge in [-0.3, -0.25) is 14.5 Å². The number of ether oxygens (including phenoxy) is 1. The molecule has 0 bridgehead atoms. The number of nitrogens with zero attached hydrogens (tertiary/aromatic N) is 5. The van der Waals surface area contributed by atoms with Crippen LogP contribution in [-0.2, 0) is 34.2 Å². The molecule has 2 aliphatic heterocycles. The minimum atomic E-state index is -3.53. The van der Waals surface area contributed by atoms with Crippen LogP contribution in [0, 0.1) is 5.82 Å². The van der Waals surface area contributed by atoms with Crippen molar-refractivity contribution in [2.75, 3.05) is 24.1 Å². The first-order valence-corrected chi connectivity index (χ1v) is 15.2. The summed E-state index contributed by atoms with van der Waals surface area (Å²) in [5, 5.41) is -0.0952. The lowest BCUT2D eigenvalue weighted by Crippen LogP contribution is -2.44. The van der Waals surface area contributed by atoms with Crippen LogP contribution < -0.4 is 9.46 Å². The lowest BCUT2D eigenvalue weighted by Gasteiger charge is -2.36. The van der Waals surface area contributed by atoms with Crippen LogP contribution in [0.1, 0.15) is 66.1 Å². The summed E-state index contributed by atoms with van der Waals surface area (Å²) in [4.78, 5) is 28.6. The van der Waals surface area contributed by atoms with Gasteiger partial charge in [0.1, 0.15) is 29.2 Å². The molecule has 1 N–H and O–H groups in total. The molecule has 206 valence electrons. The fourth-order valence-electron chi connectivity index (χ4n) is 5.40. The number of hydrogen-bond donors (Lipinski definition) is 1. The van der Waals surface area contributed by atoms with Crippen molar-refractivity contribution in [3.63, 3.8) is 0 Å². The number of anilines is 1. The van der Waals surface area contributed by atoms with Gasteiger partial charge in [0.05, 0.1) is 17.6 Å². The second kappa shape index (κ2) is 10.1. The Morgan fingerprint density at radius 3 is 2.74 bits per heavy atom. The molecule has 1 unspecified atom stereocenters. The summed E-state index contributed by atoms with van der Waals surface area (Å²) in [7, 11) is -3.53. The molecule has 10 nitrogen and oxygen atoms in total. The molecule has 1 aliphatic carbocycles. The Morgan fingerprint density at radius 1 is 1.21 bits per heavy atom. The highest BCUT2D eigenvalue weighted by Gasteiger charge is 2.40. The van der Waals surface area contributed by atoms with E-state index in [0.717, 1.165) is 67.7 Å². The largest absolute Gasteiger partial charge is 0.481 e. The van der Waals surface area contributed by atoms with E-state index >= 15 is 4.39 Å². The number of aromatic nitrogens is 4. The first-order valence-electron chi connectivity index (χ1n) is 13.0. The number of imidazole rings is 1. The van der Waals surface area contributed by atoms with Crippen LogP contribution in [0.25, 0.3) is 0 Å². The maximum absolute atomic E-state index is 15.6. The van der Waals surface area contributed by atoms with Gasteiger partial charge in [-0.1, -0.05) is 11.6 Å². The van der Waals surface area contributed by atoms with E-state index in [0.29, 0.717) is 18.9 Å². The van der Waals surface area contributed by atoms with Crippen molar-refractivity contribution in [2.24, 2.45) is 0 Å². The highest BCUT2D eigenvalue weighted by atomic mass is 35.5. The molecular weight excluding hydrogens is 547 g/mol. The Bertz CT molecular complexity index is 1560. The van der Waals surface area contributed by atoms with Crippen LogP contribution in [0.15, 0.2) is 24.4 Å². The zero-order valence-electron chi connectivity index (χ0n) is 21.4. The Morgan fingerprint density at radius 2 is 2.03 bits per heavy atom. The van der Waals surface area contributed by atoms with Gasteiger partial charge >= 0.3 is 0 Å². The number of hydrogen-bond acceptors (Lipinski definition) is 7. The summed E-state index contributed by atoms with van der Waals surface area (Å²) >= 11 is 6.18. The molecule has 3 aromatic heterocycles. The molecule has 39 heavy (non-hydrogen) atoms. The zero-order valence-corrected chi connectivity index (χ0v) is 22.9. The van der Waals surface area contributed by atoms with Crippen LogP contribution >= 0.6 is 11.6 Å². The minimum Gasteiger partial charge on any atom is -0.481 e. The molecule has 1 saturated carbocycles. The zero-order chi connectivity index (χ0) is 27.3. The molecule has 1 atom stereocenters. The molecule has 3 aliphatic rings. The lowest BCUT2D eigenvalue weighted by molar-refractivity contribution is -0.135. The number of nitrogens with one attached hydrogen (secondary N) is 1. The number of pyridine rings is 2. The molecule has 13 heteroatoms. The number of amides is 1. The SMILES string of the molecule is CS(=O)(=O)Nc1ccc(OCC(=O)N2CCc3nc4n(c3C2c2ncc(C3CC3)cc2F)CCCC4)c(Cl)n1. The summed E-state index contributed by atoms with van der Waals surface area (Å²) in [6.45, 7) is 0.740. The highest BCUT2D eigenvalue weighted by Crippen LogP contribution is 2.42. The van der Waals surface area contributed by atoms with Gasteiger partial charge in [0, 0.05) is 32.1 Å². The van der Waals surface area contributed by atoms with Gasteiger partial charge in [-0.2, -0.15) is 0 Å². The lowest BCUT2D eigenvalue weighted by atomic mass is 9.97. The number of carbonyl (C=O) groups is 1. The molecular formula is C26H28ClFN6O4S. The number of carbonyl (C=O) groups excluding carboxylic acids is 1. The van der Waals surface area contributed by atoms with Crippen LogP contribution in [0.3, 0.4) is 0 Å². The number of fused-ring (bicyclic) bond motifs is 3. The molecule has 1 amide bonds. The van der Waals surface area contributed by atoms with Crippen LogP contribution in [0.4, 0.5) is 10.2 Å². The quantitative estimate of drug-likeness (QED) is 0.428. The van der Waals surface area contributed by atoms with Crippen molar-refractivity contribution >= 4 is 33.3 Å². The van der Waals surface area contributed by atoms with E-state index in [-0.39, 0.29) is 34.9 Å². The van der Waals surface area contributed by atoms with Crippen molar-refractivity contribution < 1.29 is 22.3 Å². The first-order chi connectivity index (χ1) is 18.7. The molecule has 0 spiro atoms. The molecule has 3 aromatic rings. The van der Waals surface area contributed by atoms with Crippen LogP contribution in [-0.4, -0.2) is 58.2 Å². The Balaban J connectivity index is 1.29. The van der Waals surface area contributed by atoms with Crippen LogP contribution in [0.5, 0.6) is 5.75 Å². The maximum atomic E-state index is 15.6. The molecule has 0 saturated heterocycles. The third kappa shape index (κ3) is 5.31. The minimum absolute atomic E-state index is 0.0338. The summed E-state index contributed by atoms with van der Waals surface area (Å²) in [6.07, 6.45) is 8.24. The fraction of sp³-hybridized carbons (Fsp3) is 0.462. The van der Waals surface area contributed by atoms with E-state index in [1.54, 1.807) is 17.2 Å². The smallest absolute Gasteiger partial charge is 0.261 e.